The maximum Gasteiger partial charge on any atom is 0.329 e. The summed E-state index contributed by atoms with van der Waals surface area (Å²) in [5, 5.41) is 0.623. The highest BCUT2D eigenvalue weighted by Crippen LogP contribution is 2.33. The normalized spacial score (nSPS) is 18.2. The Balaban J connectivity index is 1.98. The van der Waals surface area contributed by atoms with Crippen molar-refractivity contribution in [3.8, 4) is 5.75 Å². The number of hydrogen-bond acceptors (Lipinski definition) is 2. The summed E-state index contributed by atoms with van der Waals surface area (Å²) >= 11 is 6.08. The molecule has 1 fully saturated rings. The number of halogens is 1. The van der Waals surface area contributed by atoms with Gasteiger partial charge in [0.25, 0.3) is 0 Å². The van der Waals surface area contributed by atoms with E-state index >= 15 is 0 Å². The van der Waals surface area contributed by atoms with Gasteiger partial charge in [-0.2, -0.15) is 0 Å². The van der Waals surface area contributed by atoms with E-state index in [1.807, 2.05) is 42.5 Å². The van der Waals surface area contributed by atoms with Crippen LogP contribution in [0.4, 0.5) is 16.2 Å². The molecule has 0 spiro atoms. The lowest BCUT2D eigenvalue weighted by atomic mass is 10.1. The minimum atomic E-state index is -0.0603. The van der Waals surface area contributed by atoms with Gasteiger partial charge in [-0.05, 0) is 36.2 Å². The minimum Gasteiger partial charge on any atom is -0.495 e. The van der Waals surface area contributed by atoms with Crippen molar-refractivity contribution < 1.29 is 9.53 Å². The first-order valence-corrected chi connectivity index (χ1v) is 7.95. The Morgan fingerprint density at radius 3 is 2.57 bits per heavy atom. The Morgan fingerprint density at radius 1 is 1.09 bits per heavy atom. The maximum absolute atomic E-state index is 13.0. The summed E-state index contributed by atoms with van der Waals surface area (Å²) in [7, 11) is 1.62. The van der Waals surface area contributed by atoms with E-state index in [-0.39, 0.29) is 6.03 Å². The molecule has 2 aromatic carbocycles. The van der Waals surface area contributed by atoms with Crippen LogP contribution in [-0.2, 0) is 0 Å². The number of hydrogen-bond donors (Lipinski definition) is 0. The van der Waals surface area contributed by atoms with Crippen molar-refractivity contribution in [3.63, 3.8) is 0 Å². The number of anilines is 2. The van der Waals surface area contributed by atoms with Gasteiger partial charge >= 0.3 is 6.03 Å². The zero-order chi connectivity index (χ0) is 16.4. The number of nitrogens with zero attached hydrogens (tertiary/aromatic N) is 2. The predicted octanol–water partition coefficient (Wildman–Crippen LogP) is 4.43. The largest absolute Gasteiger partial charge is 0.495 e. The highest BCUT2D eigenvalue weighted by atomic mass is 35.5. The molecule has 1 aliphatic rings. The summed E-state index contributed by atoms with van der Waals surface area (Å²) in [6.07, 6.45) is 0. The lowest BCUT2D eigenvalue weighted by Gasteiger charge is -2.39. The van der Waals surface area contributed by atoms with Crippen LogP contribution in [0, 0.1) is 5.92 Å². The smallest absolute Gasteiger partial charge is 0.329 e. The molecule has 1 atom stereocenters. The van der Waals surface area contributed by atoms with Gasteiger partial charge in [0.15, 0.2) is 0 Å². The molecule has 23 heavy (non-hydrogen) atoms. The van der Waals surface area contributed by atoms with Crippen LogP contribution in [0.25, 0.3) is 0 Å². The average Bonchev–Trinajstić information content (AvgIpc) is 2.56. The van der Waals surface area contributed by atoms with Crippen molar-refractivity contribution >= 4 is 29.0 Å². The molecule has 0 radical (unpaired) electrons. The van der Waals surface area contributed by atoms with Crippen LogP contribution in [0.15, 0.2) is 48.5 Å². The first-order chi connectivity index (χ1) is 11.1. The van der Waals surface area contributed by atoms with Crippen LogP contribution < -0.4 is 14.5 Å². The molecule has 5 heteroatoms. The number of methoxy groups -OCH3 is 1. The van der Waals surface area contributed by atoms with Crippen LogP contribution in [0.1, 0.15) is 6.92 Å². The van der Waals surface area contributed by atoms with Crippen LogP contribution in [0.5, 0.6) is 5.75 Å². The Kier molecular flexibility index (Phi) is 4.44. The van der Waals surface area contributed by atoms with Gasteiger partial charge in [0, 0.05) is 23.8 Å². The van der Waals surface area contributed by atoms with Crippen molar-refractivity contribution in [1.29, 1.82) is 0 Å². The molecular weight excluding hydrogens is 312 g/mol. The van der Waals surface area contributed by atoms with Crippen LogP contribution in [0.2, 0.25) is 5.02 Å². The third-order valence-corrected chi connectivity index (χ3v) is 4.18. The van der Waals surface area contributed by atoms with Gasteiger partial charge in [0.1, 0.15) is 5.75 Å². The molecule has 1 saturated heterocycles. The highest BCUT2D eigenvalue weighted by Gasteiger charge is 2.33. The van der Waals surface area contributed by atoms with E-state index in [0.717, 1.165) is 11.4 Å². The van der Waals surface area contributed by atoms with Gasteiger partial charge in [-0.25, -0.2) is 4.79 Å². The fourth-order valence-electron chi connectivity index (χ4n) is 2.90. The SMILES string of the molecule is COc1ccccc1N1CC(C)CN(c2cccc(Cl)c2)C1=O. The fourth-order valence-corrected chi connectivity index (χ4v) is 3.08. The fraction of sp³-hybridized carbons (Fsp3) is 0.278. The van der Waals surface area contributed by atoms with Gasteiger partial charge in [-0.3, -0.25) is 9.80 Å². The molecule has 1 unspecified atom stereocenters. The molecule has 0 aromatic heterocycles. The second kappa shape index (κ2) is 6.50. The standard InChI is InChI=1S/C18H19ClN2O2/c1-13-11-20(15-7-5-6-14(19)10-15)18(22)21(12-13)16-8-3-4-9-17(16)23-2/h3-10,13H,11-12H2,1-2H3. The maximum atomic E-state index is 13.0. The molecule has 0 aliphatic carbocycles. The van der Waals surface area contributed by atoms with E-state index < -0.39 is 0 Å². The number of carbonyl (C=O) groups is 1. The van der Waals surface area contributed by atoms with Crippen molar-refractivity contribution in [2.24, 2.45) is 5.92 Å². The Morgan fingerprint density at radius 2 is 1.83 bits per heavy atom. The summed E-state index contributed by atoms with van der Waals surface area (Å²) in [4.78, 5) is 16.5. The van der Waals surface area contributed by atoms with Crippen molar-refractivity contribution in [1.82, 2.24) is 0 Å². The molecule has 1 heterocycles. The lowest BCUT2D eigenvalue weighted by Crippen LogP contribution is -2.53. The molecule has 120 valence electrons. The molecule has 2 aromatic rings. The van der Waals surface area contributed by atoms with E-state index in [2.05, 4.69) is 6.92 Å². The summed E-state index contributed by atoms with van der Waals surface area (Å²) < 4.78 is 5.41. The number of amides is 2. The van der Waals surface area contributed by atoms with Gasteiger partial charge < -0.3 is 4.74 Å². The van der Waals surface area contributed by atoms with E-state index in [0.29, 0.717) is 29.8 Å². The Hall–Kier alpha value is -2.20. The Labute approximate surface area is 141 Å². The third-order valence-electron chi connectivity index (χ3n) is 3.95. The first-order valence-electron chi connectivity index (χ1n) is 7.57. The van der Waals surface area contributed by atoms with E-state index in [9.17, 15) is 4.79 Å². The van der Waals surface area contributed by atoms with E-state index in [4.69, 9.17) is 16.3 Å². The molecular formula is C18H19ClN2O2. The number of rotatable bonds is 3. The summed E-state index contributed by atoms with van der Waals surface area (Å²) in [5.74, 6) is 1.03. The van der Waals surface area contributed by atoms with Crippen molar-refractivity contribution in [2.75, 3.05) is 30.0 Å². The summed E-state index contributed by atoms with van der Waals surface area (Å²) in [6, 6.07) is 14.9. The molecule has 4 nitrogen and oxygen atoms in total. The van der Waals surface area contributed by atoms with Crippen LogP contribution in [-0.4, -0.2) is 26.2 Å². The van der Waals surface area contributed by atoms with Crippen molar-refractivity contribution in [2.45, 2.75) is 6.92 Å². The van der Waals surface area contributed by atoms with Gasteiger partial charge in [-0.1, -0.05) is 36.7 Å². The molecule has 1 aliphatic heterocycles. The van der Waals surface area contributed by atoms with Crippen molar-refractivity contribution in [3.05, 3.63) is 53.6 Å². The number of carbonyl (C=O) groups excluding carboxylic acids is 1. The quantitative estimate of drug-likeness (QED) is 0.834. The molecule has 0 saturated carbocycles. The second-order valence-electron chi connectivity index (χ2n) is 5.76. The summed E-state index contributed by atoms with van der Waals surface area (Å²) in [6.45, 7) is 3.47. The molecule has 0 N–H and O–H groups in total. The van der Waals surface area contributed by atoms with Gasteiger partial charge in [-0.15, -0.1) is 0 Å². The lowest BCUT2D eigenvalue weighted by molar-refractivity contribution is 0.245. The summed E-state index contributed by atoms with van der Waals surface area (Å²) in [5.41, 5.74) is 1.60. The topological polar surface area (TPSA) is 32.8 Å². The minimum absolute atomic E-state index is 0.0603. The highest BCUT2D eigenvalue weighted by molar-refractivity contribution is 6.31. The number of ether oxygens (including phenoxy) is 1. The predicted molar refractivity (Wildman–Crippen MR) is 93.7 cm³/mol. The van der Waals surface area contributed by atoms with Crippen LogP contribution >= 0.6 is 11.6 Å². The Bertz CT molecular complexity index is 720. The number of benzene rings is 2. The monoisotopic (exact) mass is 330 g/mol. The first kappa shape index (κ1) is 15.7. The zero-order valence-corrected chi connectivity index (χ0v) is 14.0. The van der Waals surface area contributed by atoms with Gasteiger partial charge in [0.2, 0.25) is 0 Å². The number of urea groups is 1. The molecule has 3 rings (SSSR count). The van der Waals surface area contributed by atoms with E-state index in [1.54, 1.807) is 23.0 Å². The number of para-hydroxylation sites is 2. The average molecular weight is 331 g/mol. The van der Waals surface area contributed by atoms with E-state index in [1.165, 1.54) is 0 Å². The zero-order valence-electron chi connectivity index (χ0n) is 13.2. The van der Waals surface area contributed by atoms with Gasteiger partial charge in [0.05, 0.1) is 12.8 Å². The second-order valence-corrected chi connectivity index (χ2v) is 6.20. The molecule has 0 bridgehead atoms. The third kappa shape index (κ3) is 3.13. The molecule has 2 amide bonds. The van der Waals surface area contributed by atoms with Crippen LogP contribution in [0.3, 0.4) is 0 Å².